The van der Waals surface area contributed by atoms with Crippen molar-refractivity contribution in [3.63, 3.8) is 0 Å². The monoisotopic (exact) mass is 347 g/mol. The number of hydrogen-bond acceptors (Lipinski definition) is 6. The normalized spacial score (nSPS) is 20.5. The summed E-state index contributed by atoms with van der Waals surface area (Å²) in [6.07, 6.45) is 1.82. The van der Waals surface area contributed by atoms with Gasteiger partial charge in [-0.2, -0.15) is 4.99 Å². The molecule has 0 atom stereocenters. The molecule has 0 unspecified atom stereocenters. The molecule has 6 nitrogen and oxygen atoms in total. The van der Waals surface area contributed by atoms with E-state index < -0.39 is 0 Å². The SMILES string of the molecule is COc1cccc(/C=C2\SC(N3CCN(C)CC3)=NC2=O)c1OC. The fourth-order valence-corrected chi connectivity index (χ4v) is 3.65. The van der Waals surface area contributed by atoms with Crippen LogP contribution in [0.3, 0.4) is 0 Å². The molecule has 1 fully saturated rings. The molecule has 128 valence electrons. The summed E-state index contributed by atoms with van der Waals surface area (Å²) in [5, 5.41) is 0.793. The van der Waals surface area contributed by atoms with Crippen LogP contribution in [0.2, 0.25) is 0 Å². The number of benzene rings is 1. The van der Waals surface area contributed by atoms with Crippen LogP contribution in [0, 0.1) is 0 Å². The molecule has 0 aromatic heterocycles. The van der Waals surface area contributed by atoms with Gasteiger partial charge in [-0.3, -0.25) is 4.79 Å². The summed E-state index contributed by atoms with van der Waals surface area (Å²) in [6.45, 7) is 3.75. The summed E-state index contributed by atoms with van der Waals surface area (Å²) in [5.74, 6) is 1.07. The Morgan fingerprint density at radius 3 is 2.58 bits per heavy atom. The van der Waals surface area contributed by atoms with Crippen molar-refractivity contribution in [2.24, 2.45) is 4.99 Å². The van der Waals surface area contributed by atoms with Gasteiger partial charge in [0, 0.05) is 31.7 Å². The van der Waals surface area contributed by atoms with Crippen molar-refractivity contribution in [3.05, 3.63) is 28.7 Å². The van der Waals surface area contributed by atoms with E-state index in [0.29, 0.717) is 16.4 Å². The molecule has 0 bridgehead atoms. The minimum Gasteiger partial charge on any atom is -0.493 e. The highest BCUT2D eigenvalue weighted by molar-refractivity contribution is 8.18. The van der Waals surface area contributed by atoms with E-state index in [-0.39, 0.29) is 5.91 Å². The van der Waals surface area contributed by atoms with Gasteiger partial charge in [-0.15, -0.1) is 0 Å². The number of carbonyl (C=O) groups is 1. The van der Waals surface area contributed by atoms with E-state index in [1.807, 2.05) is 24.3 Å². The van der Waals surface area contributed by atoms with Gasteiger partial charge >= 0.3 is 0 Å². The van der Waals surface area contributed by atoms with Crippen LogP contribution < -0.4 is 9.47 Å². The smallest absolute Gasteiger partial charge is 0.286 e. The van der Waals surface area contributed by atoms with Gasteiger partial charge in [0.05, 0.1) is 19.1 Å². The van der Waals surface area contributed by atoms with Gasteiger partial charge in [-0.25, -0.2) is 0 Å². The van der Waals surface area contributed by atoms with Crippen molar-refractivity contribution in [2.75, 3.05) is 47.4 Å². The third-order valence-corrected chi connectivity index (χ3v) is 5.15. The molecule has 1 amide bonds. The average molecular weight is 347 g/mol. The van der Waals surface area contributed by atoms with Crippen LogP contribution in [-0.4, -0.2) is 68.3 Å². The zero-order valence-electron chi connectivity index (χ0n) is 14.1. The highest BCUT2D eigenvalue weighted by atomic mass is 32.2. The van der Waals surface area contributed by atoms with Gasteiger partial charge in [-0.1, -0.05) is 12.1 Å². The molecule has 24 heavy (non-hydrogen) atoms. The van der Waals surface area contributed by atoms with Gasteiger partial charge in [0.1, 0.15) is 0 Å². The molecule has 1 saturated heterocycles. The molecule has 3 rings (SSSR count). The molecule has 0 radical (unpaired) electrons. The van der Waals surface area contributed by atoms with Crippen LogP contribution in [0.15, 0.2) is 28.1 Å². The summed E-state index contributed by atoms with van der Waals surface area (Å²) in [5.41, 5.74) is 0.808. The number of amides is 1. The zero-order valence-corrected chi connectivity index (χ0v) is 14.9. The van der Waals surface area contributed by atoms with E-state index in [1.54, 1.807) is 14.2 Å². The second kappa shape index (κ2) is 7.27. The highest BCUT2D eigenvalue weighted by Gasteiger charge is 2.28. The number of hydrogen-bond donors (Lipinski definition) is 0. The Bertz CT molecular complexity index is 694. The predicted octanol–water partition coefficient (Wildman–Crippen LogP) is 1.92. The third-order valence-electron chi connectivity index (χ3n) is 4.10. The summed E-state index contributed by atoms with van der Waals surface area (Å²) in [7, 11) is 5.29. The number of carbonyl (C=O) groups excluding carboxylic acids is 1. The number of methoxy groups -OCH3 is 2. The number of thioether (sulfide) groups is 1. The Kier molecular flexibility index (Phi) is 5.11. The van der Waals surface area contributed by atoms with Crippen LogP contribution >= 0.6 is 11.8 Å². The second-order valence-electron chi connectivity index (χ2n) is 5.68. The molecule has 1 aromatic carbocycles. The average Bonchev–Trinajstić information content (AvgIpc) is 2.96. The molecule has 0 N–H and O–H groups in total. The molecule has 7 heteroatoms. The van der Waals surface area contributed by atoms with Crippen LogP contribution in [0.5, 0.6) is 11.5 Å². The first-order valence-corrected chi connectivity index (χ1v) is 8.61. The first kappa shape index (κ1) is 16.9. The lowest BCUT2D eigenvalue weighted by molar-refractivity contribution is -0.113. The first-order chi connectivity index (χ1) is 11.6. The maximum atomic E-state index is 12.3. The fraction of sp³-hybridized carbons (Fsp3) is 0.412. The van der Waals surface area contributed by atoms with Crippen LogP contribution in [0.25, 0.3) is 6.08 Å². The standard InChI is InChI=1S/C17H21N3O3S/c1-19-7-9-20(10-8-19)17-18-16(21)14(24-17)11-12-5-4-6-13(22-2)15(12)23-3/h4-6,11H,7-10H2,1-3H3/b14-11-. The highest BCUT2D eigenvalue weighted by Crippen LogP contribution is 2.36. The summed E-state index contributed by atoms with van der Waals surface area (Å²) >= 11 is 1.43. The Hall–Kier alpha value is -1.99. The molecule has 2 aliphatic rings. The van der Waals surface area contributed by atoms with Crippen LogP contribution in [0.4, 0.5) is 0 Å². The van der Waals surface area contributed by atoms with Gasteiger partial charge in [0.15, 0.2) is 16.7 Å². The number of para-hydroxylation sites is 1. The van der Waals surface area contributed by atoms with E-state index in [1.165, 1.54) is 11.8 Å². The Morgan fingerprint density at radius 1 is 1.17 bits per heavy atom. The Balaban J connectivity index is 1.80. The second-order valence-corrected chi connectivity index (χ2v) is 6.69. The number of rotatable bonds is 3. The first-order valence-electron chi connectivity index (χ1n) is 7.79. The van der Waals surface area contributed by atoms with Crippen LogP contribution in [0.1, 0.15) is 5.56 Å². The molecule has 1 aromatic rings. The maximum Gasteiger partial charge on any atom is 0.286 e. The Labute approximate surface area is 146 Å². The minimum atomic E-state index is -0.196. The lowest BCUT2D eigenvalue weighted by Gasteiger charge is -2.32. The van der Waals surface area contributed by atoms with E-state index in [2.05, 4.69) is 21.8 Å². The fourth-order valence-electron chi connectivity index (χ4n) is 2.70. The molecule has 2 heterocycles. The minimum absolute atomic E-state index is 0.196. The largest absolute Gasteiger partial charge is 0.493 e. The van der Waals surface area contributed by atoms with Crippen molar-refractivity contribution in [1.29, 1.82) is 0 Å². The molecule has 0 aliphatic carbocycles. The number of aliphatic imine (C=N–C) groups is 1. The van der Waals surface area contributed by atoms with Crippen LogP contribution in [-0.2, 0) is 4.79 Å². The van der Waals surface area contributed by atoms with Crippen molar-refractivity contribution in [1.82, 2.24) is 9.80 Å². The maximum absolute atomic E-state index is 12.3. The van der Waals surface area contributed by atoms with Crippen molar-refractivity contribution in [3.8, 4) is 11.5 Å². The predicted molar refractivity (Wildman–Crippen MR) is 96.6 cm³/mol. The van der Waals surface area contributed by atoms with E-state index in [4.69, 9.17) is 9.47 Å². The molecule has 0 saturated carbocycles. The van der Waals surface area contributed by atoms with Gasteiger partial charge < -0.3 is 19.3 Å². The summed E-state index contributed by atoms with van der Waals surface area (Å²) < 4.78 is 10.7. The van der Waals surface area contributed by atoms with Gasteiger partial charge in [0.25, 0.3) is 5.91 Å². The number of nitrogens with zero attached hydrogens (tertiary/aromatic N) is 3. The van der Waals surface area contributed by atoms with E-state index >= 15 is 0 Å². The zero-order chi connectivity index (χ0) is 17.1. The molecular formula is C17H21N3O3S. The van der Waals surface area contributed by atoms with Crippen molar-refractivity contribution >= 4 is 28.9 Å². The summed E-state index contributed by atoms with van der Waals surface area (Å²) in [6, 6.07) is 5.60. The van der Waals surface area contributed by atoms with E-state index in [0.717, 1.165) is 36.9 Å². The number of ether oxygens (including phenoxy) is 2. The molecular weight excluding hydrogens is 326 g/mol. The van der Waals surface area contributed by atoms with Gasteiger partial charge in [-0.05, 0) is 31.0 Å². The molecule has 2 aliphatic heterocycles. The lowest BCUT2D eigenvalue weighted by atomic mass is 10.1. The van der Waals surface area contributed by atoms with Crippen molar-refractivity contribution < 1.29 is 14.3 Å². The Morgan fingerprint density at radius 2 is 1.92 bits per heavy atom. The topological polar surface area (TPSA) is 54.4 Å². The number of likely N-dealkylation sites (N-methyl/N-ethyl adjacent to an activating group) is 1. The summed E-state index contributed by atoms with van der Waals surface area (Å²) in [4.78, 5) is 21.5. The van der Waals surface area contributed by atoms with Gasteiger partial charge in [0.2, 0.25) is 0 Å². The number of amidine groups is 1. The lowest BCUT2D eigenvalue weighted by Crippen LogP contribution is -2.46. The quantitative estimate of drug-likeness (QED) is 0.779. The van der Waals surface area contributed by atoms with Crippen molar-refractivity contribution in [2.45, 2.75) is 0 Å². The molecule has 0 spiro atoms. The number of piperazine rings is 1. The third kappa shape index (κ3) is 3.42. The van der Waals surface area contributed by atoms with E-state index in [9.17, 15) is 4.79 Å².